The van der Waals surface area contributed by atoms with E-state index in [1.54, 1.807) is 0 Å². The van der Waals surface area contributed by atoms with E-state index in [9.17, 15) is 0 Å². The number of rotatable bonds is 5. The van der Waals surface area contributed by atoms with Gasteiger partial charge < -0.3 is 9.84 Å². The van der Waals surface area contributed by atoms with E-state index in [-0.39, 0.29) is 0 Å². The van der Waals surface area contributed by atoms with Crippen LogP contribution in [0.15, 0.2) is 22.7 Å². The molecule has 0 spiro atoms. The van der Waals surface area contributed by atoms with Gasteiger partial charge in [-0.1, -0.05) is 12.1 Å². The molecule has 0 saturated carbocycles. The zero-order valence-corrected chi connectivity index (χ0v) is 10.4. The van der Waals surface area contributed by atoms with E-state index in [4.69, 9.17) is 4.52 Å². The van der Waals surface area contributed by atoms with Gasteiger partial charge in [-0.25, -0.2) is 0 Å². The van der Waals surface area contributed by atoms with Gasteiger partial charge in [0.15, 0.2) is 0 Å². The molecule has 2 aromatic heterocycles. The molecule has 2 rings (SSSR count). The maximum Gasteiger partial charge on any atom is 0.133 e. The lowest BCUT2D eigenvalue weighted by atomic mass is 10.3. The minimum atomic E-state index is 0.761. The van der Waals surface area contributed by atoms with E-state index in [1.807, 2.05) is 24.3 Å². The third-order valence-electron chi connectivity index (χ3n) is 2.35. The molecule has 0 bridgehead atoms. The van der Waals surface area contributed by atoms with E-state index in [2.05, 4.69) is 29.5 Å². The molecule has 0 unspecified atom stereocenters. The number of nitrogens with zero attached hydrogens (tertiary/aromatic N) is 1. The molecular weight excluding hydrogens is 220 g/mol. The highest BCUT2D eigenvalue weighted by atomic mass is 32.1. The molecule has 0 aromatic carbocycles. The first-order valence-electron chi connectivity index (χ1n) is 5.48. The third kappa shape index (κ3) is 2.93. The van der Waals surface area contributed by atoms with Crippen LogP contribution in [0.2, 0.25) is 0 Å². The molecule has 2 aromatic rings. The Bertz CT molecular complexity index is 447. The molecule has 0 saturated heterocycles. The Morgan fingerprint density at radius 1 is 1.31 bits per heavy atom. The number of nitrogens with one attached hydrogen (secondary N) is 1. The van der Waals surface area contributed by atoms with Gasteiger partial charge in [0.2, 0.25) is 0 Å². The molecule has 0 fully saturated rings. The van der Waals surface area contributed by atoms with Crippen LogP contribution in [0.3, 0.4) is 0 Å². The van der Waals surface area contributed by atoms with Crippen LogP contribution in [-0.2, 0) is 19.5 Å². The Labute approximate surface area is 99.5 Å². The van der Waals surface area contributed by atoms with Crippen molar-refractivity contribution in [2.24, 2.45) is 0 Å². The molecule has 0 atom stereocenters. The van der Waals surface area contributed by atoms with Crippen LogP contribution in [0.25, 0.3) is 0 Å². The van der Waals surface area contributed by atoms with E-state index in [0.717, 1.165) is 31.0 Å². The molecule has 0 amide bonds. The van der Waals surface area contributed by atoms with Gasteiger partial charge in [-0.05, 0) is 25.5 Å². The molecular formula is C12H16N2OS. The molecule has 16 heavy (non-hydrogen) atoms. The summed E-state index contributed by atoms with van der Waals surface area (Å²) in [6.07, 6.45) is 1.12. The normalized spacial score (nSPS) is 10.9. The first kappa shape index (κ1) is 11.4. The largest absolute Gasteiger partial charge is 0.361 e. The van der Waals surface area contributed by atoms with Crippen molar-refractivity contribution in [3.8, 4) is 0 Å². The average molecular weight is 236 g/mol. The summed E-state index contributed by atoms with van der Waals surface area (Å²) in [5.74, 6) is 0.862. The Hall–Kier alpha value is -1.13. The number of hydrogen-bond acceptors (Lipinski definition) is 4. The molecule has 0 aliphatic rings. The number of thiophene rings is 1. The van der Waals surface area contributed by atoms with E-state index >= 15 is 0 Å². The second kappa shape index (κ2) is 5.27. The van der Waals surface area contributed by atoms with E-state index < -0.39 is 0 Å². The van der Waals surface area contributed by atoms with Gasteiger partial charge in [0.1, 0.15) is 5.76 Å². The molecule has 0 radical (unpaired) electrons. The summed E-state index contributed by atoms with van der Waals surface area (Å²) in [5.41, 5.74) is 0.963. The van der Waals surface area contributed by atoms with Gasteiger partial charge >= 0.3 is 0 Å². The van der Waals surface area contributed by atoms with Crippen molar-refractivity contribution < 1.29 is 4.52 Å². The second-order valence-corrected chi connectivity index (χ2v) is 5.01. The van der Waals surface area contributed by atoms with Crippen LogP contribution in [0.4, 0.5) is 0 Å². The molecule has 4 heteroatoms. The smallest absolute Gasteiger partial charge is 0.133 e. The Kier molecular flexibility index (Phi) is 3.74. The fourth-order valence-corrected chi connectivity index (χ4v) is 2.45. The van der Waals surface area contributed by atoms with Gasteiger partial charge in [-0.15, -0.1) is 11.3 Å². The van der Waals surface area contributed by atoms with Crippen LogP contribution in [0.1, 0.15) is 28.1 Å². The van der Waals surface area contributed by atoms with Gasteiger partial charge in [0.25, 0.3) is 0 Å². The summed E-state index contributed by atoms with van der Waals surface area (Å²) in [6.45, 7) is 5.75. The van der Waals surface area contributed by atoms with E-state index in [1.165, 1.54) is 9.75 Å². The zero-order chi connectivity index (χ0) is 11.4. The lowest BCUT2D eigenvalue weighted by Gasteiger charge is -1.98. The van der Waals surface area contributed by atoms with Crippen LogP contribution in [0, 0.1) is 6.92 Å². The fourth-order valence-electron chi connectivity index (χ4n) is 1.52. The summed E-state index contributed by atoms with van der Waals surface area (Å²) in [5, 5.41) is 7.29. The molecule has 0 aliphatic carbocycles. The Morgan fingerprint density at radius 2 is 2.12 bits per heavy atom. The first-order valence-corrected chi connectivity index (χ1v) is 6.30. The van der Waals surface area contributed by atoms with Crippen molar-refractivity contribution >= 4 is 11.3 Å². The average Bonchev–Trinajstić information content (AvgIpc) is 2.88. The van der Waals surface area contributed by atoms with E-state index in [0.29, 0.717) is 0 Å². The third-order valence-corrected chi connectivity index (χ3v) is 3.58. The maximum absolute atomic E-state index is 5.00. The predicted molar refractivity (Wildman–Crippen MR) is 65.5 cm³/mol. The maximum atomic E-state index is 5.00. The van der Waals surface area contributed by atoms with Crippen molar-refractivity contribution in [1.82, 2.24) is 10.5 Å². The SMILES string of the molecule is CCc1ccc(CNCc2cc(C)on2)s1. The van der Waals surface area contributed by atoms with Gasteiger partial charge in [-0.3, -0.25) is 0 Å². The van der Waals surface area contributed by atoms with Gasteiger partial charge in [0.05, 0.1) is 5.69 Å². The van der Waals surface area contributed by atoms with Gasteiger partial charge in [0, 0.05) is 28.9 Å². The minimum absolute atomic E-state index is 0.761. The summed E-state index contributed by atoms with van der Waals surface area (Å²) in [6, 6.07) is 6.34. The highest BCUT2D eigenvalue weighted by Gasteiger charge is 2.01. The lowest BCUT2D eigenvalue weighted by molar-refractivity contribution is 0.388. The standard InChI is InChI=1S/C12H16N2OS/c1-3-11-4-5-12(16-11)8-13-7-10-6-9(2)15-14-10/h4-6,13H,3,7-8H2,1-2H3. The molecule has 3 nitrogen and oxygen atoms in total. The van der Waals surface area contributed by atoms with Crippen molar-refractivity contribution in [3.63, 3.8) is 0 Å². The van der Waals surface area contributed by atoms with Crippen LogP contribution < -0.4 is 5.32 Å². The summed E-state index contributed by atoms with van der Waals surface area (Å²) in [7, 11) is 0. The molecule has 1 N–H and O–H groups in total. The summed E-state index contributed by atoms with van der Waals surface area (Å²) >= 11 is 1.87. The van der Waals surface area contributed by atoms with Crippen LogP contribution in [0.5, 0.6) is 0 Å². The zero-order valence-electron chi connectivity index (χ0n) is 9.62. The monoisotopic (exact) mass is 236 g/mol. The molecule has 86 valence electrons. The van der Waals surface area contributed by atoms with Gasteiger partial charge in [-0.2, -0.15) is 0 Å². The predicted octanol–water partition coefficient (Wildman–Crippen LogP) is 2.90. The highest BCUT2D eigenvalue weighted by molar-refractivity contribution is 7.11. The number of aryl methyl sites for hydroxylation is 2. The first-order chi connectivity index (χ1) is 7.78. The summed E-state index contributed by atoms with van der Waals surface area (Å²) < 4.78 is 5.00. The topological polar surface area (TPSA) is 38.1 Å². The fraction of sp³-hybridized carbons (Fsp3) is 0.417. The molecule has 2 heterocycles. The highest BCUT2D eigenvalue weighted by Crippen LogP contribution is 2.16. The van der Waals surface area contributed by atoms with Crippen LogP contribution in [-0.4, -0.2) is 5.16 Å². The molecule has 0 aliphatic heterocycles. The lowest BCUT2D eigenvalue weighted by Crippen LogP contribution is -2.11. The van der Waals surface area contributed by atoms with Crippen molar-refractivity contribution in [2.75, 3.05) is 0 Å². The van der Waals surface area contributed by atoms with Crippen molar-refractivity contribution in [1.29, 1.82) is 0 Å². The van der Waals surface area contributed by atoms with Crippen molar-refractivity contribution in [2.45, 2.75) is 33.4 Å². The minimum Gasteiger partial charge on any atom is -0.361 e. The number of hydrogen-bond donors (Lipinski definition) is 1. The Balaban J connectivity index is 1.79. The van der Waals surface area contributed by atoms with Crippen LogP contribution >= 0.6 is 11.3 Å². The van der Waals surface area contributed by atoms with Crippen molar-refractivity contribution in [3.05, 3.63) is 39.4 Å². The quantitative estimate of drug-likeness (QED) is 0.867. The Morgan fingerprint density at radius 3 is 2.75 bits per heavy atom. The number of aromatic nitrogens is 1. The summed E-state index contributed by atoms with van der Waals surface area (Å²) in [4.78, 5) is 2.81. The second-order valence-electron chi connectivity index (χ2n) is 3.75.